The molecule has 0 aromatic carbocycles. The molecule has 0 saturated heterocycles. The molecule has 17 heavy (non-hydrogen) atoms. The number of hydrogen-bond acceptors (Lipinski definition) is 3. The van der Waals surface area contributed by atoms with E-state index in [1.807, 2.05) is 13.4 Å². The van der Waals surface area contributed by atoms with E-state index in [4.69, 9.17) is 4.42 Å². The van der Waals surface area contributed by atoms with Crippen LogP contribution in [0.4, 0.5) is 0 Å². The molecule has 0 fully saturated rings. The van der Waals surface area contributed by atoms with Crippen molar-refractivity contribution in [2.75, 3.05) is 7.05 Å². The number of hydrogen-bond donors (Lipinski definition) is 1. The molecular formula is C11H13I2N3O. The minimum absolute atomic E-state index is 0.735. The van der Waals surface area contributed by atoms with Gasteiger partial charge in [-0.1, -0.05) is 0 Å². The van der Waals surface area contributed by atoms with Gasteiger partial charge in [-0.25, -0.2) is 4.98 Å². The first-order valence-electron chi connectivity index (χ1n) is 5.20. The predicted molar refractivity (Wildman–Crippen MR) is 83.0 cm³/mol. The molecule has 2 rings (SSSR count). The molecule has 92 valence electrons. The predicted octanol–water partition coefficient (Wildman–Crippen LogP) is 2.76. The third-order valence-corrected chi connectivity index (χ3v) is 5.42. The van der Waals surface area contributed by atoms with Crippen LogP contribution in [0.5, 0.6) is 0 Å². The zero-order valence-corrected chi connectivity index (χ0v) is 13.9. The van der Waals surface area contributed by atoms with E-state index in [-0.39, 0.29) is 0 Å². The summed E-state index contributed by atoms with van der Waals surface area (Å²) in [5.74, 6) is 1.98. The van der Waals surface area contributed by atoms with Crippen LogP contribution in [0, 0.1) is 14.3 Å². The highest BCUT2D eigenvalue weighted by Crippen LogP contribution is 2.18. The van der Waals surface area contributed by atoms with Gasteiger partial charge in [-0.3, -0.25) is 0 Å². The number of halogens is 2. The summed E-state index contributed by atoms with van der Waals surface area (Å²) in [6.45, 7) is 3.57. The van der Waals surface area contributed by atoms with Crippen molar-refractivity contribution >= 4 is 45.2 Å². The van der Waals surface area contributed by atoms with Gasteiger partial charge in [-0.2, -0.15) is 0 Å². The van der Waals surface area contributed by atoms with Crippen LogP contribution in [0.2, 0.25) is 0 Å². The normalized spacial score (nSPS) is 11.1. The van der Waals surface area contributed by atoms with Gasteiger partial charge in [0.05, 0.1) is 19.4 Å². The second kappa shape index (κ2) is 5.70. The van der Waals surface area contributed by atoms with E-state index in [0.29, 0.717) is 0 Å². The first-order chi connectivity index (χ1) is 8.11. The number of nitrogens with zero attached hydrogens (tertiary/aromatic N) is 2. The molecule has 2 aromatic rings. The summed E-state index contributed by atoms with van der Waals surface area (Å²) < 4.78 is 10.1. The number of imidazole rings is 1. The van der Waals surface area contributed by atoms with E-state index < -0.39 is 0 Å². The molecule has 0 spiro atoms. The molecule has 0 bridgehead atoms. The Hall–Kier alpha value is -0.0900. The minimum atomic E-state index is 0.735. The summed E-state index contributed by atoms with van der Waals surface area (Å²) in [6.07, 6.45) is 1.85. The van der Waals surface area contributed by atoms with Crippen LogP contribution in [0.15, 0.2) is 16.8 Å². The highest BCUT2D eigenvalue weighted by atomic mass is 127. The first kappa shape index (κ1) is 13.3. The minimum Gasteiger partial charge on any atom is -0.463 e. The molecule has 0 aliphatic carbocycles. The summed E-state index contributed by atoms with van der Waals surface area (Å²) in [5.41, 5.74) is 1.19. The van der Waals surface area contributed by atoms with Gasteiger partial charge in [-0.15, -0.1) is 0 Å². The second-order valence-electron chi connectivity index (χ2n) is 3.80. The SMILES string of the molecule is CNCc1oc(Cn2cnc(I)c2I)cc1C. The fraction of sp³-hybridized carbons (Fsp3) is 0.364. The molecular weight excluding hydrogens is 444 g/mol. The maximum Gasteiger partial charge on any atom is 0.132 e. The fourth-order valence-corrected chi connectivity index (χ4v) is 2.49. The van der Waals surface area contributed by atoms with Crippen LogP contribution < -0.4 is 5.32 Å². The molecule has 4 nitrogen and oxygen atoms in total. The van der Waals surface area contributed by atoms with Gasteiger partial charge in [0.2, 0.25) is 0 Å². The van der Waals surface area contributed by atoms with Crippen molar-refractivity contribution in [3.63, 3.8) is 0 Å². The molecule has 2 heterocycles. The van der Waals surface area contributed by atoms with E-state index in [2.05, 4.69) is 73.0 Å². The van der Waals surface area contributed by atoms with Crippen LogP contribution in [0.3, 0.4) is 0 Å². The lowest BCUT2D eigenvalue weighted by atomic mass is 10.2. The molecule has 0 atom stereocenters. The summed E-state index contributed by atoms with van der Waals surface area (Å²) in [5, 5.41) is 3.10. The van der Waals surface area contributed by atoms with Gasteiger partial charge >= 0.3 is 0 Å². The van der Waals surface area contributed by atoms with Gasteiger partial charge in [0.1, 0.15) is 18.9 Å². The topological polar surface area (TPSA) is 43.0 Å². The van der Waals surface area contributed by atoms with Crippen LogP contribution in [0.25, 0.3) is 0 Å². The third kappa shape index (κ3) is 3.02. The van der Waals surface area contributed by atoms with Crippen molar-refractivity contribution in [1.29, 1.82) is 0 Å². The van der Waals surface area contributed by atoms with Crippen molar-refractivity contribution in [2.24, 2.45) is 0 Å². The van der Waals surface area contributed by atoms with Crippen LogP contribution >= 0.6 is 45.2 Å². The number of nitrogens with one attached hydrogen (secondary N) is 1. The lowest BCUT2D eigenvalue weighted by molar-refractivity contribution is 0.441. The summed E-state index contributed by atoms with van der Waals surface area (Å²) in [7, 11) is 1.92. The highest BCUT2D eigenvalue weighted by molar-refractivity contribution is 14.1. The standard InChI is InChI=1S/C11H13I2N3O/c1-7-3-8(17-9(7)4-14-2)5-16-6-15-10(12)11(16)13/h3,6,14H,4-5H2,1-2H3. The summed E-state index contributed by atoms with van der Waals surface area (Å²) in [4.78, 5) is 4.27. The molecule has 0 aliphatic heterocycles. The average Bonchev–Trinajstić information content (AvgIpc) is 2.78. The summed E-state index contributed by atoms with van der Waals surface area (Å²) in [6, 6.07) is 2.09. The zero-order valence-electron chi connectivity index (χ0n) is 9.63. The Balaban J connectivity index is 2.19. The molecule has 0 radical (unpaired) electrons. The van der Waals surface area contributed by atoms with E-state index in [9.17, 15) is 0 Å². The second-order valence-corrected chi connectivity index (χ2v) is 5.85. The van der Waals surface area contributed by atoms with Gasteiger partial charge in [-0.05, 0) is 70.8 Å². The quantitative estimate of drug-likeness (QED) is 0.719. The van der Waals surface area contributed by atoms with Crippen LogP contribution in [-0.2, 0) is 13.1 Å². The largest absolute Gasteiger partial charge is 0.463 e. The maximum absolute atomic E-state index is 5.81. The molecule has 0 amide bonds. The summed E-state index contributed by atoms with van der Waals surface area (Å²) >= 11 is 4.53. The molecule has 6 heteroatoms. The average molecular weight is 457 g/mol. The number of aryl methyl sites for hydroxylation is 1. The molecule has 1 N–H and O–H groups in total. The van der Waals surface area contributed by atoms with E-state index >= 15 is 0 Å². The molecule has 0 saturated carbocycles. The lowest BCUT2D eigenvalue weighted by Gasteiger charge is -2.01. The van der Waals surface area contributed by atoms with Crippen LogP contribution in [0.1, 0.15) is 17.1 Å². The van der Waals surface area contributed by atoms with E-state index in [1.54, 1.807) is 0 Å². The molecule has 0 unspecified atom stereocenters. The Labute approximate surface area is 127 Å². The van der Waals surface area contributed by atoms with E-state index in [0.717, 1.165) is 32.0 Å². The van der Waals surface area contributed by atoms with Gasteiger partial charge in [0.25, 0.3) is 0 Å². The number of furan rings is 1. The van der Waals surface area contributed by atoms with Crippen LogP contribution in [-0.4, -0.2) is 16.6 Å². The van der Waals surface area contributed by atoms with Crippen molar-refractivity contribution in [1.82, 2.24) is 14.9 Å². The first-order valence-corrected chi connectivity index (χ1v) is 7.36. The molecule has 2 aromatic heterocycles. The monoisotopic (exact) mass is 457 g/mol. The fourth-order valence-electron chi connectivity index (χ4n) is 1.63. The Morgan fingerprint density at radius 2 is 2.24 bits per heavy atom. The highest BCUT2D eigenvalue weighted by Gasteiger charge is 2.10. The third-order valence-electron chi connectivity index (χ3n) is 2.47. The van der Waals surface area contributed by atoms with Gasteiger partial charge in [0.15, 0.2) is 0 Å². The van der Waals surface area contributed by atoms with Crippen molar-refractivity contribution in [3.05, 3.63) is 36.9 Å². The van der Waals surface area contributed by atoms with E-state index in [1.165, 1.54) is 5.56 Å². The Bertz CT molecular complexity index is 519. The lowest BCUT2D eigenvalue weighted by Crippen LogP contribution is -2.04. The van der Waals surface area contributed by atoms with Gasteiger partial charge < -0.3 is 14.3 Å². The Morgan fingerprint density at radius 1 is 1.47 bits per heavy atom. The Kier molecular flexibility index (Phi) is 4.47. The number of aromatic nitrogens is 2. The Morgan fingerprint density at radius 3 is 2.82 bits per heavy atom. The smallest absolute Gasteiger partial charge is 0.132 e. The van der Waals surface area contributed by atoms with Crippen molar-refractivity contribution in [2.45, 2.75) is 20.0 Å². The van der Waals surface area contributed by atoms with Crippen molar-refractivity contribution in [3.8, 4) is 0 Å². The van der Waals surface area contributed by atoms with Gasteiger partial charge in [0, 0.05) is 0 Å². The molecule has 0 aliphatic rings. The van der Waals surface area contributed by atoms with Crippen molar-refractivity contribution < 1.29 is 4.42 Å². The maximum atomic E-state index is 5.81. The zero-order chi connectivity index (χ0) is 12.4. The number of rotatable bonds is 4.